The van der Waals surface area contributed by atoms with Gasteiger partial charge in [0.1, 0.15) is 0 Å². The molecule has 0 aliphatic carbocycles. The minimum absolute atomic E-state index is 0.687. The van der Waals surface area contributed by atoms with Crippen molar-refractivity contribution in [3.8, 4) is 9.75 Å². The molecular formula is C12H12S4. The second-order valence-corrected chi connectivity index (χ2v) is 8.39. The number of thioether (sulfide) groups is 2. The van der Waals surface area contributed by atoms with Crippen LogP contribution in [0.15, 0.2) is 29.6 Å². The van der Waals surface area contributed by atoms with Crippen LogP contribution >= 0.6 is 46.2 Å². The van der Waals surface area contributed by atoms with Gasteiger partial charge in [-0.15, -0.1) is 46.2 Å². The SMILES string of the molecule is c1csc(-c2ccc(C3SCCCS3)s2)c1. The van der Waals surface area contributed by atoms with E-state index in [-0.39, 0.29) is 0 Å². The average Bonchev–Trinajstić information content (AvgIpc) is 3.01. The van der Waals surface area contributed by atoms with Crippen LogP contribution < -0.4 is 0 Å². The summed E-state index contributed by atoms with van der Waals surface area (Å²) in [4.78, 5) is 4.37. The molecule has 2 aromatic rings. The lowest BCUT2D eigenvalue weighted by atomic mass is 10.4. The van der Waals surface area contributed by atoms with Gasteiger partial charge in [0, 0.05) is 14.6 Å². The molecule has 0 bridgehead atoms. The highest BCUT2D eigenvalue weighted by Gasteiger charge is 2.18. The van der Waals surface area contributed by atoms with Crippen molar-refractivity contribution in [2.45, 2.75) is 11.0 Å². The van der Waals surface area contributed by atoms with Crippen LogP contribution in [0.5, 0.6) is 0 Å². The van der Waals surface area contributed by atoms with Gasteiger partial charge in [0.25, 0.3) is 0 Å². The topological polar surface area (TPSA) is 0 Å². The summed E-state index contributed by atoms with van der Waals surface area (Å²) in [5.41, 5.74) is 0. The Labute approximate surface area is 112 Å². The second-order valence-electron chi connectivity index (χ2n) is 3.61. The smallest absolute Gasteiger partial charge is 0.0843 e. The lowest BCUT2D eigenvalue weighted by molar-refractivity contribution is 1.10. The molecule has 0 radical (unpaired) electrons. The van der Waals surface area contributed by atoms with Crippen LogP contribution in [0.3, 0.4) is 0 Å². The van der Waals surface area contributed by atoms with E-state index in [0.717, 1.165) is 0 Å². The van der Waals surface area contributed by atoms with Gasteiger partial charge < -0.3 is 0 Å². The predicted molar refractivity (Wildman–Crippen MR) is 79.9 cm³/mol. The van der Waals surface area contributed by atoms with Crippen LogP contribution in [0, 0.1) is 0 Å². The Kier molecular flexibility index (Phi) is 3.62. The van der Waals surface area contributed by atoms with Crippen molar-refractivity contribution in [3.05, 3.63) is 34.5 Å². The van der Waals surface area contributed by atoms with E-state index in [1.807, 2.05) is 22.7 Å². The zero-order valence-corrected chi connectivity index (χ0v) is 12.0. The quantitative estimate of drug-likeness (QED) is 0.729. The van der Waals surface area contributed by atoms with E-state index in [1.54, 1.807) is 0 Å². The molecular weight excluding hydrogens is 272 g/mol. The maximum Gasteiger partial charge on any atom is 0.0843 e. The van der Waals surface area contributed by atoms with Crippen molar-refractivity contribution in [1.29, 1.82) is 0 Å². The summed E-state index contributed by atoms with van der Waals surface area (Å²) in [7, 11) is 0. The molecule has 16 heavy (non-hydrogen) atoms. The zero-order chi connectivity index (χ0) is 10.8. The number of hydrogen-bond donors (Lipinski definition) is 0. The summed E-state index contributed by atoms with van der Waals surface area (Å²) < 4.78 is 0.687. The van der Waals surface area contributed by atoms with Crippen molar-refractivity contribution in [2.75, 3.05) is 11.5 Å². The van der Waals surface area contributed by atoms with Gasteiger partial charge >= 0.3 is 0 Å². The van der Waals surface area contributed by atoms with E-state index in [1.165, 1.54) is 32.6 Å². The fourth-order valence-corrected chi connectivity index (χ4v) is 6.77. The summed E-state index contributed by atoms with van der Waals surface area (Å²) in [6, 6.07) is 8.93. The monoisotopic (exact) mass is 284 g/mol. The molecule has 1 fully saturated rings. The van der Waals surface area contributed by atoms with Crippen molar-refractivity contribution in [2.24, 2.45) is 0 Å². The minimum atomic E-state index is 0.687. The molecule has 3 heterocycles. The fourth-order valence-electron chi connectivity index (χ4n) is 1.68. The standard InChI is InChI=1S/C12H12S4/c1-3-9(13-6-1)10-4-5-11(16-10)12-14-7-2-8-15-12/h1,3-6,12H,2,7-8H2. The average molecular weight is 284 g/mol. The summed E-state index contributed by atoms with van der Waals surface area (Å²) in [6.07, 6.45) is 1.37. The Balaban J connectivity index is 1.82. The van der Waals surface area contributed by atoms with Crippen LogP contribution in [0.4, 0.5) is 0 Å². The molecule has 1 aliphatic heterocycles. The normalized spacial score (nSPS) is 17.8. The van der Waals surface area contributed by atoms with Gasteiger partial charge in [0.2, 0.25) is 0 Å². The Morgan fingerprint density at radius 1 is 1.00 bits per heavy atom. The molecule has 4 heteroatoms. The Hall–Kier alpha value is 0.1000. The first-order valence-electron chi connectivity index (χ1n) is 5.30. The Morgan fingerprint density at radius 3 is 2.62 bits per heavy atom. The van der Waals surface area contributed by atoms with Crippen LogP contribution in [0.2, 0.25) is 0 Å². The third-order valence-electron chi connectivity index (χ3n) is 2.45. The number of rotatable bonds is 2. The fraction of sp³-hybridized carbons (Fsp3) is 0.333. The van der Waals surface area contributed by atoms with Gasteiger partial charge in [-0.2, -0.15) is 0 Å². The molecule has 0 unspecified atom stereocenters. The highest BCUT2D eigenvalue weighted by atomic mass is 32.2. The van der Waals surface area contributed by atoms with Gasteiger partial charge in [0.15, 0.2) is 0 Å². The molecule has 1 aliphatic rings. The summed E-state index contributed by atoms with van der Waals surface area (Å²) in [5.74, 6) is 2.65. The molecule has 0 spiro atoms. The maximum atomic E-state index is 2.32. The van der Waals surface area contributed by atoms with E-state index >= 15 is 0 Å². The van der Waals surface area contributed by atoms with Gasteiger partial charge in [-0.25, -0.2) is 0 Å². The van der Waals surface area contributed by atoms with Gasteiger partial charge in [-0.05, 0) is 41.5 Å². The summed E-state index contributed by atoms with van der Waals surface area (Å²) in [6.45, 7) is 0. The first-order chi connectivity index (χ1) is 7.93. The van der Waals surface area contributed by atoms with Crippen molar-refractivity contribution in [3.63, 3.8) is 0 Å². The Morgan fingerprint density at radius 2 is 1.88 bits per heavy atom. The Bertz CT molecular complexity index is 437. The van der Waals surface area contributed by atoms with Crippen LogP contribution in [-0.4, -0.2) is 11.5 Å². The number of thiophene rings is 2. The van der Waals surface area contributed by atoms with E-state index < -0.39 is 0 Å². The van der Waals surface area contributed by atoms with Crippen LogP contribution in [0.1, 0.15) is 15.9 Å². The molecule has 0 amide bonds. The first-order valence-corrected chi connectivity index (χ1v) is 9.10. The first kappa shape index (κ1) is 11.2. The zero-order valence-electron chi connectivity index (χ0n) is 8.72. The van der Waals surface area contributed by atoms with Crippen molar-refractivity contribution < 1.29 is 0 Å². The third kappa shape index (κ3) is 2.35. The molecule has 0 nitrogen and oxygen atoms in total. The van der Waals surface area contributed by atoms with E-state index in [2.05, 4.69) is 53.2 Å². The molecule has 3 rings (SSSR count). The van der Waals surface area contributed by atoms with Gasteiger partial charge in [-0.1, -0.05) is 6.07 Å². The molecule has 0 atom stereocenters. The third-order valence-corrected chi connectivity index (χ3v) is 7.94. The lowest BCUT2D eigenvalue weighted by Crippen LogP contribution is -1.97. The van der Waals surface area contributed by atoms with E-state index in [4.69, 9.17) is 0 Å². The number of hydrogen-bond acceptors (Lipinski definition) is 4. The van der Waals surface area contributed by atoms with Gasteiger partial charge in [0.05, 0.1) is 4.58 Å². The predicted octanol–water partition coefficient (Wildman–Crippen LogP) is 5.35. The van der Waals surface area contributed by atoms with E-state index in [9.17, 15) is 0 Å². The highest BCUT2D eigenvalue weighted by Crippen LogP contribution is 2.47. The second kappa shape index (κ2) is 5.17. The molecule has 2 aromatic heterocycles. The highest BCUT2D eigenvalue weighted by molar-refractivity contribution is 8.17. The molecule has 0 aromatic carbocycles. The lowest BCUT2D eigenvalue weighted by Gasteiger charge is -2.19. The van der Waals surface area contributed by atoms with Crippen LogP contribution in [0.25, 0.3) is 9.75 Å². The van der Waals surface area contributed by atoms with Crippen LogP contribution in [-0.2, 0) is 0 Å². The maximum absolute atomic E-state index is 2.32. The van der Waals surface area contributed by atoms with E-state index in [0.29, 0.717) is 4.58 Å². The minimum Gasteiger partial charge on any atom is -0.143 e. The molecule has 1 saturated heterocycles. The molecule has 0 saturated carbocycles. The summed E-state index contributed by atoms with van der Waals surface area (Å²) >= 11 is 8.01. The van der Waals surface area contributed by atoms with Crippen molar-refractivity contribution in [1.82, 2.24) is 0 Å². The largest absolute Gasteiger partial charge is 0.143 e. The molecule has 84 valence electrons. The van der Waals surface area contributed by atoms with Crippen molar-refractivity contribution >= 4 is 46.2 Å². The summed E-state index contributed by atoms with van der Waals surface area (Å²) in [5, 5.41) is 2.15. The van der Waals surface area contributed by atoms with Gasteiger partial charge in [-0.3, -0.25) is 0 Å². The molecule has 0 N–H and O–H groups in total.